The minimum Gasteiger partial charge on any atom is -0.354 e. The number of nitrogens with zero attached hydrogens (tertiary/aromatic N) is 4. The van der Waals surface area contributed by atoms with E-state index in [1.54, 1.807) is 0 Å². The SMILES string of the molecule is CCC1CN(c2c(C#N)c(C)nn2C)CCS1. The molecule has 1 atom stereocenters. The van der Waals surface area contributed by atoms with Crippen LogP contribution in [0.5, 0.6) is 0 Å². The highest BCUT2D eigenvalue weighted by Gasteiger charge is 2.25. The van der Waals surface area contributed by atoms with Gasteiger partial charge in [0.1, 0.15) is 17.5 Å². The average Bonchev–Trinajstić information content (AvgIpc) is 2.63. The van der Waals surface area contributed by atoms with Gasteiger partial charge in [0.15, 0.2) is 0 Å². The zero-order valence-corrected chi connectivity index (χ0v) is 11.4. The van der Waals surface area contributed by atoms with E-state index in [-0.39, 0.29) is 0 Å². The van der Waals surface area contributed by atoms with Gasteiger partial charge in [0, 0.05) is 31.1 Å². The fraction of sp³-hybridized carbons (Fsp3) is 0.667. The van der Waals surface area contributed by atoms with Crippen molar-refractivity contribution in [2.24, 2.45) is 7.05 Å². The van der Waals surface area contributed by atoms with Gasteiger partial charge in [-0.1, -0.05) is 6.92 Å². The molecule has 5 heteroatoms. The molecule has 0 N–H and O–H groups in total. The van der Waals surface area contributed by atoms with Crippen molar-refractivity contribution in [3.63, 3.8) is 0 Å². The molecule has 1 fully saturated rings. The summed E-state index contributed by atoms with van der Waals surface area (Å²) in [4.78, 5) is 2.31. The lowest BCUT2D eigenvalue weighted by Gasteiger charge is -2.33. The van der Waals surface area contributed by atoms with Gasteiger partial charge in [-0.2, -0.15) is 22.1 Å². The summed E-state index contributed by atoms with van der Waals surface area (Å²) in [5, 5.41) is 14.3. The molecule has 2 heterocycles. The number of aryl methyl sites for hydroxylation is 2. The van der Waals surface area contributed by atoms with E-state index in [1.807, 2.05) is 30.4 Å². The predicted molar refractivity (Wildman–Crippen MR) is 71.4 cm³/mol. The molecule has 0 aromatic carbocycles. The molecule has 1 aliphatic rings. The molecule has 1 saturated heterocycles. The summed E-state index contributed by atoms with van der Waals surface area (Å²) in [6.07, 6.45) is 1.18. The van der Waals surface area contributed by atoms with Crippen LogP contribution in [0.15, 0.2) is 0 Å². The van der Waals surface area contributed by atoms with Gasteiger partial charge >= 0.3 is 0 Å². The molecule has 1 aromatic heterocycles. The Morgan fingerprint density at radius 3 is 3.00 bits per heavy atom. The topological polar surface area (TPSA) is 44.9 Å². The summed E-state index contributed by atoms with van der Waals surface area (Å²) in [6, 6.07) is 2.28. The van der Waals surface area contributed by atoms with Crippen molar-refractivity contribution in [1.82, 2.24) is 9.78 Å². The Balaban J connectivity index is 2.30. The molecule has 0 amide bonds. The van der Waals surface area contributed by atoms with Crippen LogP contribution in [0.1, 0.15) is 24.6 Å². The number of aromatic nitrogens is 2. The number of thioether (sulfide) groups is 1. The van der Waals surface area contributed by atoms with E-state index in [2.05, 4.69) is 23.0 Å². The van der Waals surface area contributed by atoms with Crippen molar-refractivity contribution >= 4 is 17.6 Å². The molecule has 2 rings (SSSR count). The maximum Gasteiger partial charge on any atom is 0.145 e. The van der Waals surface area contributed by atoms with Crippen LogP contribution in [0.3, 0.4) is 0 Å². The minimum absolute atomic E-state index is 0.672. The monoisotopic (exact) mass is 250 g/mol. The zero-order valence-electron chi connectivity index (χ0n) is 10.6. The third-order valence-corrected chi connectivity index (χ3v) is 4.57. The van der Waals surface area contributed by atoms with Gasteiger partial charge in [-0.15, -0.1) is 0 Å². The predicted octanol–water partition coefficient (Wildman–Crippen LogP) is 1.93. The summed E-state index contributed by atoms with van der Waals surface area (Å²) in [5.41, 5.74) is 1.56. The number of hydrogen-bond donors (Lipinski definition) is 0. The molecule has 0 radical (unpaired) electrons. The maximum atomic E-state index is 9.23. The molecule has 17 heavy (non-hydrogen) atoms. The first kappa shape index (κ1) is 12.3. The Labute approximate surface area is 107 Å². The van der Waals surface area contributed by atoms with Crippen LogP contribution in [0.2, 0.25) is 0 Å². The first-order chi connectivity index (χ1) is 8.17. The van der Waals surface area contributed by atoms with E-state index < -0.39 is 0 Å². The van der Waals surface area contributed by atoms with Crippen molar-refractivity contribution < 1.29 is 0 Å². The lowest BCUT2D eigenvalue weighted by atomic mass is 10.2. The Hall–Kier alpha value is -1.15. The highest BCUT2D eigenvalue weighted by atomic mass is 32.2. The van der Waals surface area contributed by atoms with E-state index in [0.717, 1.165) is 35.9 Å². The van der Waals surface area contributed by atoms with Gasteiger partial charge in [0.2, 0.25) is 0 Å². The molecular weight excluding hydrogens is 232 g/mol. The minimum atomic E-state index is 0.672. The Kier molecular flexibility index (Phi) is 3.63. The van der Waals surface area contributed by atoms with Gasteiger partial charge in [-0.05, 0) is 13.3 Å². The second-order valence-electron chi connectivity index (χ2n) is 4.37. The van der Waals surface area contributed by atoms with Crippen LogP contribution in [-0.4, -0.2) is 33.9 Å². The molecule has 0 spiro atoms. The van der Waals surface area contributed by atoms with Crippen molar-refractivity contribution in [2.75, 3.05) is 23.7 Å². The molecule has 0 bridgehead atoms. The van der Waals surface area contributed by atoms with E-state index in [4.69, 9.17) is 0 Å². The lowest BCUT2D eigenvalue weighted by Crippen LogP contribution is -2.39. The number of rotatable bonds is 2. The number of anilines is 1. The van der Waals surface area contributed by atoms with E-state index >= 15 is 0 Å². The third-order valence-electron chi connectivity index (χ3n) is 3.20. The van der Waals surface area contributed by atoms with Gasteiger partial charge in [0.25, 0.3) is 0 Å². The Morgan fingerprint density at radius 1 is 1.59 bits per heavy atom. The normalized spacial score (nSPS) is 20.4. The first-order valence-electron chi connectivity index (χ1n) is 5.97. The molecule has 1 aliphatic heterocycles. The summed E-state index contributed by atoms with van der Waals surface area (Å²) in [7, 11) is 1.92. The van der Waals surface area contributed by atoms with Gasteiger partial charge in [0.05, 0.1) is 5.69 Å². The van der Waals surface area contributed by atoms with Gasteiger partial charge in [-0.3, -0.25) is 4.68 Å². The van der Waals surface area contributed by atoms with Gasteiger partial charge < -0.3 is 4.90 Å². The molecule has 0 saturated carbocycles. The van der Waals surface area contributed by atoms with Crippen molar-refractivity contribution in [3.05, 3.63) is 11.3 Å². The molecule has 1 unspecified atom stereocenters. The highest BCUT2D eigenvalue weighted by molar-refractivity contribution is 8.00. The van der Waals surface area contributed by atoms with Crippen LogP contribution in [0, 0.1) is 18.3 Å². The van der Waals surface area contributed by atoms with E-state index in [0.29, 0.717) is 5.25 Å². The standard InChI is InChI=1S/C12H18N4S/c1-4-10-8-16(5-6-17-10)12-11(7-13)9(2)14-15(12)3/h10H,4-6,8H2,1-3H3. The third kappa shape index (κ3) is 2.27. The summed E-state index contributed by atoms with van der Waals surface area (Å²) in [6.45, 7) is 6.16. The van der Waals surface area contributed by atoms with E-state index in [1.165, 1.54) is 6.42 Å². The fourth-order valence-corrected chi connectivity index (χ4v) is 3.48. The fourth-order valence-electron chi connectivity index (χ4n) is 2.30. The second-order valence-corrected chi connectivity index (χ2v) is 5.77. The van der Waals surface area contributed by atoms with Crippen molar-refractivity contribution in [1.29, 1.82) is 5.26 Å². The van der Waals surface area contributed by atoms with E-state index in [9.17, 15) is 5.26 Å². The quantitative estimate of drug-likeness (QED) is 0.804. The summed E-state index contributed by atoms with van der Waals surface area (Å²) < 4.78 is 1.84. The Bertz CT molecular complexity index is 446. The molecule has 1 aromatic rings. The zero-order chi connectivity index (χ0) is 12.4. The average molecular weight is 250 g/mol. The number of nitriles is 1. The van der Waals surface area contributed by atoms with Crippen LogP contribution >= 0.6 is 11.8 Å². The molecule has 4 nitrogen and oxygen atoms in total. The van der Waals surface area contributed by atoms with Crippen LogP contribution in [0.4, 0.5) is 5.82 Å². The molecular formula is C12H18N4S. The highest BCUT2D eigenvalue weighted by Crippen LogP contribution is 2.28. The summed E-state index contributed by atoms with van der Waals surface area (Å²) in [5.74, 6) is 2.12. The molecule has 92 valence electrons. The lowest BCUT2D eigenvalue weighted by molar-refractivity contribution is 0.674. The van der Waals surface area contributed by atoms with Crippen molar-refractivity contribution in [2.45, 2.75) is 25.5 Å². The second kappa shape index (κ2) is 5.01. The first-order valence-corrected chi connectivity index (χ1v) is 7.02. The molecule has 0 aliphatic carbocycles. The Morgan fingerprint density at radius 2 is 2.35 bits per heavy atom. The largest absolute Gasteiger partial charge is 0.354 e. The van der Waals surface area contributed by atoms with Crippen LogP contribution in [0.25, 0.3) is 0 Å². The number of hydrogen-bond acceptors (Lipinski definition) is 4. The van der Waals surface area contributed by atoms with Gasteiger partial charge in [-0.25, -0.2) is 0 Å². The summed E-state index contributed by atoms with van der Waals surface area (Å²) >= 11 is 2.03. The smallest absolute Gasteiger partial charge is 0.145 e. The maximum absolute atomic E-state index is 9.23. The van der Waals surface area contributed by atoms with Crippen LogP contribution in [-0.2, 0) is 7.05 Å². The van der Waals surface area contributed by atoms with Crippen LogP contribution < -0.4 is 4.90 Å². The van der Waals surface area contributed by atoms with Crippen molar-refractivity contribution in [3.8, 4) is 6.07 Å².